The summed E-state index contributed by atoms with van der Waals surface area (Å²) in [6.45, 7) is -0.474. The van der Waals surface area contributed by atoms with Crippen molar-refractivity contribution in [1.29, 1.82) is 0 Å². The highest BCUT2D eigenvalue weighted by atomic mass is 16.5. The third kappa shape index (κ3) is 2.95. The van der Waals surface area contributed by atoms with Crippen LogP contribution in [0.5, 0.6) is 5.75 Å². The first-order valence-electron chi connectivity index (χ1n) is 9.09. The zero-order valence-electron chi connectivity index (χ0n) is 15.2. The fraction of sp³-hybridized carbons (Fsp3) is 0.174. The van der Waals surface area contributed by atoms with Crippen molar-refractivity contribution in [2.24, 2.45) is 5.73 Å². The normalized spacial score (nSPS) is 14.8. The molecule has 0 saturated carbocycles. The lowest BCUT2D eigenvalue weighted by Crippen LogP contribution is -2.49. The van der Waals surface area contributed by atoms with Crippen LogP contribution in [-0.2, 0) is 15.1 Å². The van der Waals surface area contributed by atoms with E-state index in [1.54, 1.807) is 0 Å². The highest BCUT2D eigenvalue weighted by Gasteiger charge is 2.38. The second kappa shape index (κ2) is 7.11. The standard InChI is InChI=1S/C23H21NO4/c24-23(14-25,15-9-11-16(26)12-10-15)22(27)28-13-21-19-7-3-1-5-17(19)18-6-2-4-8-20(18)21/h1-12,21,25-26H,13-14,24H2/t23-/m0/s1. The van der Waals surface area contributed by atoms with Crippen LogP contribution in [0, 0.1) is 0 Å². The van der Waals surface area contributed by atoms with Crippen molar-refractivity contribution in [3.63, 3.8) is 0 Å². The Balaban J connectivity index is 1.59. The number of phenolic OH excluding ortho intramolecular Hbond substituents is 1. The van der Waals surface area contributed by atoms with Crippen LogP contribution in [0.25, 0.3) is 11.1 Å². The Morgan fingerprint density at radius 3 is 2.00 bits per heavy atom. The lowest BCUT2D eigenvalue weighted by atomic mass is 9.91. The van der Waals surface area contributed by atoms with Crippen LogP contribution < -0.4 is 5.73 Å². The number of nitrogens with two attached hydrogens (primary N) is 1. The van der Waals surface area contributed by atoms with E-state index in [9.17, 15) is 15.0 Å². The molecular formula is C23H21NO4. The highest BCUT2D eigenvalue weighted by molar-refractivity contribution is 5.83. The van der Waals surface area contributed by atoms with Gasteiger partial charge in [0.15, 0.2) is 5.54 Å². The van der Waals surface area contributed by atoms with E-state index in [2.05, 4.69) is 12.1 Å². The molecule has 5 heteroatoms. The number of aromatic hydroxyl groups is 1. The molecule has 0 aromatic heterocycles. The number of aliphatic hydroxyl groups excluding tert-OH is 1. The lowest BCUT2D eigenvalue weighted by molar-refractivity contribution is -0.152. The van der Waals surface area contributed by atoms with E-state index in [0.29, 0.717) is 5.56 Å². The molecular weight excluding hydrogens is 354 g/mol. The van der Waals surface area contributed by atoms with Gasteiger partial charge in [-0.25, -0.2) is 4.79 Å². The van der Waals surface area contributed by atoms with E-state index >= 15 is 0 Å². The minimum absolute atomic E-state index is 0.0524. The van der Waals surface area contributed by atoms with Gasteiger partial charge < -0.3 is 20.7 Å². The predicted molar refractivity (Wildman–Crippen MR) is 106 cm³/mol. The van der Waals surface area contributed by atoms with Crippen molar-refractivity contribution in [2.75, 3.05) is 13.2 Å². The van der Waals surface area contributed by atoms with Crippen molar-refractivity contribution >= 4 is 5.97 Å². The van der Waals surface area contributed by atoms with E-state index in [1.807, 2.05) is 36.4 Å². The first-order valence-corrected chi connectivity index (χ1v) is 9.09. The summed E-state index contributed by atoms with van der Waals surface area (Å²) < 4.78 is 5.59. The number of benzene rings is 3. The second-order valence-electron chi connectivity index (χ2n) is 7.00. The number of esters is 1. The number of rotatable bonds is 5. The third-order valence-corrected chi connectivity index (χ3v) is 5.34. The molecule has 0 saturated heterocycles. The Hall–Kier alpha value is -3.15. The number of ether oxygens (including phenoxy) is 1. The van der Waals surface area contributed by atoms with Crippen LogP contribution >= 0.6 is 0 Å². The van der Waals surface area contributed by atoms with Gasteiger partial charge >= 0.3 is 5.97 Å². The first kappa shape index (κ1) is 18.2. The van der Waals surface area contributed by atoms with Gasteiger partial charge in [0.05, 0.1) is 6.61 Å². The van der Waals surface area contributed by atoms with Crippen molar-refractivity contribution in [3.05, 3.63) is 89.5 Å². The molecule has 142 valence electrons. The maximum Gasteiger partial charge on any atom is 0.333 e. The van der Waals surface area contributed by atoms with E-state index in [1.165, 1.54) is 24.3 Å². The molecule has 3 aromatic carbocycles. The first-order chi connectivity index (χ1) is 13.5. The second-order valence-corrected chi connectivity index (χ2v) is 7.00. The summed E-state index contributed by atoms with van der Waals surface area (Å²) in [5, 5.41) is 19.2. The number of aliphatic hydroxyl groups is 1. The monoisotopic (exact) mass is 375 g/mol. The summed E-state index contributed by atoms with van der Waals surface area (Å²) in [7, 11) is 0. The highest BCUT2D eigenvalue weighted by Crippen LogP contribution is 2.44. The molecule has 0 amide bonds. The summed E-state index contributed by atoms with van der Waals surface area (Å²) in [5.41, 5.74) is 9.35. The van der Waals surface area contributed by atoms with Crippen LogP contribution in [0.2, 0.25) is 0 Å². The minimum Gasteiger partial charge on any atom is -0.508 e. The lowest BCUT2D eigenvalue weighted by Gasteiger charge is -2.26. The fourth-order valence-corrected chi connectivity index (χ4v) is 3.76. The Bertz CT molecular complexity index is 970. The average Bonchev–Trinajstić information content (AvgIpc) is 3.06. The molecule has 3 aromatic rings. The Kier molecular flexibility index (Phi) is 4.63. The molecule has 4 N–H and O–H groups in total. The van der Waals surface area contributed by atoms with Gasteiger partial charge in [-0.1, -0.05) is 60.7 Å². The average molecular weight is 375 g/mol. The Morgan fingerprint density at radius 2 is 1.46 bits per heavy atom. The molecule has 0 heterocycles. The number of hydrogen-bond donors (Lipinski definition) is 3. The zero-order chi connectivity index (χ0) is 19.7. The van der Waals surface area contributed by atoms with Gasteiger partial charge in [0.2, 0.25) is 0 Å². The van der Waals surface area contributed by atoms with Crippen molar-refractivity contribution in [1.82, 2.24) is 0 Å². The summed E-state index contributed by atoms with van der Waals surface area (Å²) in [4.78, 5) is 12.8. The quantitative estimate of drug-likeness (QED) is 0.596. The molecule has 4 rings (SSSR count). The van der Waals surface area contributed by atoms with Crippen LogP contribution in [0.4, 0.5) is 0 Å². The van der Waals surface area contributed by atoms with Crippen molar-refractivity contribution in [2.45, 2.75) is 11.5 Å². The summed E-state index contributed by atoms with van der Waals surface area (Å²) >= 11 is 0. The number of fused-ring (bicyclic) bond motifs is 3. The maximum absolute atomic E-state index is 12.8. The van der Waals surface area contributed by atoms with E-state index in [4.69, 9.17) is 10.5 Å². The number of carbonyl (C=O) groups excluding carboxylic acids is 1. The molecule has 1 atom stereocenters. The Labute approximate surface area is 163 Å². The molecule has 0 aliphatic heterocycles. The maximum atomic E-state index is 12.8. The SMILES string of the molecule is N[C@](CO)(C(=O)OCC1c2ccccc2-c2ccccc21)c1ccc(O)cc1. The predicted octanol–water partition coefficient (Wildman–Crippen LogP) is 2.89. The van der Waals surface area contributed by atoms with E-state index in [0.717, 1.165) is 22.3 Å². The smallest absolute Gasteiger partial charge is 0.333 e. The molecule has 5 nitrogen and oxygen atoms in total. The van der Waals surface area contributed by atoms with Crippen molar-refractivity contribution < 1.29 is 19.7 Å². The molecule has 0 fully saturated rings. The van der Waals surface area contributed by atoms with E-state index < -0.39 is 18.1 Å². The zero-order valence-corrected chi connectivity index (χ0v) is 15.2. The van der Waals surface area contributed by atoms with Gasteiger partial charge in [-0.05, 0) is 39.9 Å². The summed E-state index contributed by atoms with van der Waals surface area (Å²) in [5.74, 6) is -0.738. The van der Waals surface area contributed by atoms with Crippen LogP contribution in [-0.4, -0.2) is 29.4 Å². The topological polar surface area (TPSA) is 92.8 Å². The largest absolute Gasteiger partial charge is 0.508 e. The molecule has 0 radical (unpaired) electrons. The molecule has 28 heavy (non-hydrogen) atoms. The molecule has 1 aliphatic carbocycles. The fourth-order valence-electron chi connectivity index (χ4n) is 3.76. The number of hydrogen-bond acceptors (Lipinski definition) is 5. The summed E-state index contributed by atoms with van der Waals surface area (Å²) in [6, 6.07) is 22.0. The molecule has 0 unspecified atom stereocenters. The van der Waals surface area contributed by atoms with Gasteiger partial charge in [-0.15, -0.1) is 0 Å². The molecule has 0 spiro atoms. The Morgan fingerprint density at radius 1 is 0.929 bits per heavy atom. The molecule has 0 bridgehead atoms. The van der Waals surface area contributed by atoms with Gasteiger partial charge in [-0.2, -0.15) is 0 Å². The molecule has 1 aliphatic rings. The van der Waals surface area contributed by atoms with Gasteiger partial charge in [0.1, 0.15) is 12.4 Å². The van der Waals surface area contributed by atoms with Gasteiger partial charge in [-0.3, -0.25) is 0 Å². The third-order valence-electron chi connectivity index (χ3n) is 5.34. The number of phenols is 1. The van der Waals surface area contributed by atoms with Gasteiger partial charge in [0.25, 0.3) is 0 Å². The summed E-state index contributed by atoms with van der Waals surface area (Å²) in [6.07, 6.45) is 0. The van der Waals surface area contributed by atoms with E-state index in [-0.39, 0.29) is 18.3 Å². The van der Waals surface area contributed by atoms with Crippen LogP contribution in [0.15, 0.2) is 72.8 Å². The number of carbonyl (C=O) groups is 1. The van der Waals surface area contributed by atoms with Gasteiger partial charge in [0, 0.05) is 5.92 Å². The van der Waals surface area contributed by atoms with Crippen molar-refractivity contribution in [3.8, 4) is 16.9 Å². The minimum atomic E-state index is -1.69. The van der Waals surface area contributed by atoms with Crippen LogP contribution in [0.3, 0.4) is 0 Å². The van der Waals surface area contributed by atoms with Crippen LogP contribution in [0.1, 0.15) is 22.6 Å².